The smallest absolute Gasteiger partial charge is 0.267 e. The average molecular weight is 530 g/mol. The van der Waals surface area contributed by atoms with Crippen molar-refractivity contribution < 1.29 is 18.7 Å². The number of aromatic nitrogens is 1. The number of carbonyl (C=O) groups excluding carboxylic acids is 2. The number of hydrogen-bond acceptors (Lipinski definition) is 5. The van der Waals surface area contributed by atoms with Gasteiger partial charge in [-0.3, -0.25) is 9.59 Å². The van der Waals surface area contributed by atoms with Gasteiger partial charge in [0, 0.05) is 45.5 Å². The fourth-order valence-electron chi connectivity index (χ4n) is 3.53. The first-order valence-corrected chi connectivity index (χ1v) is 11.6. The molecule has 4 aromatic rings. The number of likely N-dealkylation sites (N-methyl/N-ethyl adjacent to an activating group) is 1. The second-order valence-electron chi connectivity index (χ2n) is 7.92. The lowest BCUT2D eigenvalue weighted by Crippen LogP contribution is -2.24. The van der Waals surface area contributed by atoms with Gasteiger partial charge in [-0.15, -0.1) is 0 Å². The average Bonchev–Trinajstić information content (AvgIpc) is 3.24. The summed E-state index contributed by atoms with van der Waals surface area (Å²) in [5.41, 5.74) is 7.88. The molecule has 4 rings (SSSR count). The van der Waals surface area contributed by atoms with Crippen LogP contribution in [-0.4, -0.2) is 30.4 Å². The van der Waals surface area contributed by atoms with Gasteiger partial charge in [0.1, 0.15) is 11.4 Å². The van der Waals surface area contributed by atoms with E-state index in [1.807, 2.05) is 0 Å². The first-order valence-electron chi connectivity index (χ1n) is 10.8. The molecule has 0 unspecified atom stereocenters. The molecule has 11 heteroatoms. The Morgan fingerprint density at radius 1 is 1.08 bits per heavy atom. The number of nitrogens with one attached hydrogen (secondary N) is 4. The zero-order valence-electron chi connectivity index (χ0n) is 19.0. The maximum atomic E-state index is 15.2. The van der Waals surface area contributed by atoms with Gasteiger partial charge >= 0.3 is 0 Å². The summed E-state index contributed by atoms with van der Waals surface area (Å²) in [4.78, 5) is 27.5. The number of benzene rings is 3. The first-order chi connectivity index (χ1) is 17.2. The maximum Gasteiger partial charge on any atom is 0.267 e. The molecule has 0 spiro atoms. The van der Waals surface area contributed by atoms with E-state index in [0.717, 1.165) is 5.39 Å². The number of aromatic amines is 1. The molecule has 0 aliphatic carbocycles. The Kier molecular flexibility index (Phi) is 7.64. The van der Waals surface area contributed by atoms with Crippen molar-refractivity contribution in [1.82, 2.24) is 15.6 Å². The van der Waals surface area contributed by atoms with Gasteiger partial charge in [-0.1, -0.05) is 29.3 Å². The number of carbonyl (C=O) groups is 2. The number of nitrogens with two attached hydrogens (primary N) is 1. The summed E-state index contributed by atoms with van der Waals surface area (Å²) in [6, 6.07) is 14.3. The molecule has 186 valence electrons. The summed E-state index contributed by atoms with van der Waals surface area (Å²) >= 11 is 12.1. The number of halogens is 3. The van der Waals surface area contributed by atoms with Crippen LogP contribution in [0.2, 0.25) is 10.0 Å². The summed E-state index contributed by atoms with van der Waals surface area (Å²) in [7, 11) is 1.68. The molecule has 0 radical (unpaired) electrons. The fourth-order valence-corrected chi connectivity index (χ4v) is 3.95. The van der Waals surface area contributed by atoms with Crippen molar-refractivity contribution in [3.63, 3.8) is 0 Å². The first kappa shape index (κ1) is 25.3. The van der Waals surface area contributed by atoms with Crippen molar-refractivity contribution in [2.24, 2.45) is 0 Å². The number of amides is 2. The molecule has 0 saturated carbocycles. The van der Waals surface area contributed by atoms with Gasteiger partial charge in [0.05, 0.1) is 11.6 Å². The number of anilines is 2. The minimum atomic E-state index is -0.722. The predicted octanol–water partition coefficient (Wildman–Crippen LogP) is 5.08. The maximum absolute atomic E-state index is 15.2. The molecule has 0 fully saturated rings. The number of ether oxygens (including phenoxy) is 1. The van der Waals surface area contributed by atoms with Gasteiger partial charge in [0.25, 0.3) is 5.91 Å². The van der Waals surface area contributed by atoms with Crippen LogP contribution in [0, 0.1) is 5.82 Å². The summed E-state index contributed by atoms with van der Waals surface area (Å²) in [5, 5.41) is 9.33. The number of rotatable bonds is 8. The van der Waals surface area contributed by atoms with Gasteiger partial charge in [-0.25, -0.2) is 4.39 Å². The number of hydrogen-bond donors (Lipinski definition) is 5. The van der Waals surface area contributed by atoms with Crippen LogP contribution in [0.25, 0.3) is 10.9 Å². The lowest BCUT2D eigenvalue weighted by Gasteiger charge is -2.13. The van der Waals surface area contributed by atoms with E-state index < -0.39 is 11.7 Å². The van der Waals surface area contributed by atoms with Crippen molar-refractivity contribution in [2.75, 3.05) is 24.6 Å². The molecule has 8 nitrogen and oxygen atoms in total. The van der Waals surface area contributed by atoms with Gasteiger partial charge in [-0.05, 0) is 49.5 Å². The van der Waals surface area contributed by atoms with Crippen LogP contribution in [-0.2, 0) is 11.3 Å². The summed E-state index contributed by atoms with van der Waals surface area (Å²) in [6.07, 6.45) is 0. The normalized spacial score (nSPS) is 10.9. The van der Waals surface area contributed by atoms with Crippen LogP contribution in [0.15, 0.2) is 54.6 Å². The van der Waals surface area contributed by atoms with E-state index in [2.05, 4.69) is 20.9 Å². The van der Waals surface area contributed by atoms with E-state index in [1.54, 1.807) is 31.3 Å². The molecule has 0 atom stereocenters. The monoisotopic (exact) mass is 529 g/mol. The van der Waals surface area contributed by atoms with Crippen LogP contribution in [0.5, 0.6) is 11.5 Å². The highest BCUT2D eigenvalue weighted by Crippen LogP contribution is 2.35. The molecule has 0 bridgehead atoms. The molecule has 36 heavy (non-hydrogen) atoms. The zero-order valence-corrected chi connectivity index (χ0v) is 20.6. The molecule has 2 amide bonds. The Balaban J connectivity index is 1.47. The van der Waals surface area contributed by atoms with Crippen molar-refractivity contribution in [1.29, 1.82) is 0 Å². The standard InChI is InChI=1S/C25H22Cl2FN5O3/c1-30-12-22(34)32-17-3-5-20-14(6-17)7-21(33-20)25(35)31-11-13-2-4-19(27)24(23(13)28)36-18-9-15(26)8-16(29)10-18/h2-10,30,33H,11-12,29H2,1H3,(H,31,35)(H,32,34). The second-order valence-corrected chi connectivity index (χ2v) is 8.76. The van der Waals surface area contributed by atoms with Gasteiger partial charge in [0.2, 0.25) is 5.91 Å². The summed E-state index contributed by atoms with van der Waals surface area (Å²) in [5.74, 6) is -1.33. The minimum Gasteiger partial charge on any atom is -0.453 e. The molecule has 1 heterocycles. The van der Waals surface area contributed by atoms with Crippen LogP contribution in [0.1, 0.15) is 16.1 Å². The van der Waals surface area contributed by atoms with Crippen LogP contribution >= 0.6 is 23.2 Å². The molecule has 0 aliphatic heterocycles. The highest BCUT2D eigenvalue weighted by atomic mass is 35.5. The number of fused-ring (bicyclic) bond motifs is 1. The Morgan fingerprint density at radius 3 is 2.64 bits per heavy atom. The van der Waals surface area contributed by atoms with Crippen molar-refractivity contribution in [3.8, 4) is 11.5 Å². The van der Waals surface area contributed by atoms with Crippen LogP contribution in [0.4, 0.5) is 15.8 Å². The quantitative estimate of drug-likeness (QED) is 0.204. The predicted molar refractivity (Wildman–Crippen MR) is 139 cm³/mol. The largest absolute Gasteiger partial charge is 0.453 e. The fraction of sp³-hybridized carbons (Fsp3) is 0.120. The van der Waals surface area contributed by atoms with Crippen molar-refractivity contribution >= 4 is 57.3 Å². The Hall–Kier alpha value is -3.79. The van der Waals surface area contributed by atoms with E-state index in [1.165, 1.54) is 30.3 Å². The lowest BCUT2D eigenvalue weighted by atomic mass is 10.2. The van der Waals surface area contributed by atoms with Crippen LogP contribution in [0.3, 0.4) is 0 Å². The van der Waals surface area contributed by atoms with Crippen molar-refractivity contribution in [2.45, 2.75) is 6.54 Å². The Bertz CT molecular complexity index is 1440. The molecule has 0 aliphatic rings. The minimum absolute atomic E-state index is 0.0503. The summed E-state index contributed by atoms with van der Waals surface area (Å²) in [6.45, 7) is 0.0660. The molecule has 1 aromatic heterocycles. The van der Waals surface area contributed by atoms with Gasteiger partial charge in [0.15, 0.2) is 11.6 Å². The lowest BCUT2D eigenvalue weighted by molar-refractivity contribution is -0.115. The third-order valence-corrected chi connectivity index (χ3v) is 5.68. The molecule has 3 aromatic carbocycles. The molecular formula is C25H22Cl2FN5O3. The van der Waals surface area contributed by atoms with E-state index in [4.69, 9.17) is 33.7 Å². The third-order valence-electron chi connectivity index (χ3n) is 5.17. The van der Waals surface area contributed by atoms with Gasteiger partial charge < -0.3 is 31.4 Å². The van der Waals surface area contributed by atoms with E-state index in [0.29, 0.717) is 21.9 Å². The highest BCUT2D eigenvalue weighted by molar-refractivity contribution is 6.32. The number of H-pyrrole nitrogens is 1. The number of nitrogen functional groups attached to an aromatic ring is 1. The summed E-state index contributed by atoms with van der Waals surface area (Å²) < 4.78 is 20.8. The SMILES string of the molecule is CNCC(=O)Nc1ccc2[nH]c(C(=O)NCc3ccc(Cl)c(Oc4cc(N)cc(Cl)c4)c3F)cc2c1. The molecule has 6 N–H and O–H groups in total. The molecule has 0 saturated heterocycles. The van der Waals surface area contributed by atoms with E-state index in [-0.39, 0.29) is 46.8 Å². The Morgan fingerprint density at radius 2 is 1.89 bits per heavy atom. The topological polar surface area (TPSA) is 121 Å². The highest BCUT2D eigenvalue weighted by Gasteiger charge is 2.17. The molecular weight excluding hydrogens is 508 g/mol. The van der Waals surface area contributed by atoms with E-state index >= 15 is 4.39 Å². The Labute approximate surface area is 215 Å². The zero-order chi connectivity index (χ0) is 25.8. The third kappa shape index (κ3) is 5.88. The van der Waals surface area contributed by atoms with Crippen LogP contribution < -0.4 is 26.4 Å². The second kappa shape index (κ2) is 10.9. The van der Waals surface area contributed by atoms with Gasteiger partial charge in [-0.2, -0.15) is 0 Å². The van der Waals surface area contributed by atoms with E-state index in [9.17, 15) is 9.59 Å². The van der Waals surface area contributed by atoms with Crippen molar-refractivity contribution in [3.05, 3.63) is 81.7 Å².